The third-order valence-electron chi connectivity index (χ3n) is 17.1. The van der Waals surface area contributed by atoms with E-state index < -0.39 is 97.5 Å². The van der Waals surface area contributed by atoms with Crippen LogP contribution in [0, 0.1) is 0 Å². The van der Waals surface area contributed by atoms with E-state index in [0.29, 0.717) is 38.5 Å². The summed E-state index contributed by atoms with van der Waals surface area (Å²) in [4.78, 5) is 73.0. The number of esters is 4. The van der Waals surface area contributed by atoms with Gasteiger partial charge in [-0.1, -0.05) is 315 Å². The molecule has 0 aromatic carbocycles. The summed E-state index contributed by atoms with van der Waals surface area (Å²) in [5, 5.41) is 10.6. The number of rotatable bonds is 77. The second kappa shape index (κ2) is 78.3. The van der Waals surface area contributed by atoms with Crippen LogP contribution in [0.2, 0.25) is 0 Å². The molecule has 0 spiro atoms. The van der Waals surface area contributed by atoms with E-state index in [1.54, 1.807) is 0 Å². The van der Waals surface area contributed by atoms with Crippen LogP contribution in [0.25, 0.3) is 0 Å². The maximum absolute atomic E-state index is 13.1. The van der Waals surface area contributed by atoms with Crippen molar-refractivity contribution in [1.82, 2.24) is 0 Å². The molecule has 17 nitrogen and oxygen atoms in total. The minimum absolute atomic E-state index is 0.0326. The quantitative estimate of drug-likeness (QED) is 0.0169. The third kappa shape index (κ3) is 77.4. The molecule has 0 saturated heterocycles. The molecule has 0 heterocycles. The van der Waals surface area contributed by atoms with Crippen molar-refractivity contribution in [1.29, 1.82) is 0 Å². The van der Waals surface area contributed by atoms with Crippen LogP contribution in [-0.2, 0) is 65.4 Å². The Labute approximate surface area is 644 Å². The molecule has 2 unspecified atom stereocenters. The Balaban J connectivity index is 5.48. The van der Waals surface area contributed by atoms with E-state index in [-0.39, 0.29) is 25.7 Å². The molecule has 0 aliphatic carbocycles. The molecule has 0 fully saturated rings. The van der Waals surface area contributed by atoms with Gasteiger partial charge in [0, 0.05) is 25.7 Å². The smallest absolute Gasteiger partial charge is 0.462 e. The number of unbranched alkanes of at least 4 members (excludes halogenated alkanes) is 29. The van der Waals surface area contributed by atoms with Crippen molar-refractivity contribution in [2.24, 2.45) is 0 Å². The second-order valence-electron chi connectivity index (χ2n) is 27.4. The van der Waals surface area contributed by atoms with Gasteiger partial charge in [0.1, 0.15) is 19.3 Å². The van der Waals surface area contributed by atoms with E-state index in [2.05, 4.69) is 131 Å². The van der Waals surface area contributed by atoms with E-state index in [1.807, 2.05) is 30.4 Å². The van der Waals surface area contributed by atoms with Gasteiger partial charge >= 0.3 is 39.5 Å². The molecule has 0 saturated carbocycles. The van der Waals surface area contributed by atoms with E-state index in [1.165, 1.54) is 122 Å². The van der Waals surface area contributed by atoms with Gasteiger partial charge in [-0.25, -0.2) is 9.13 Å². The van der Waals surface area contributed by atoms with Crippen molar-refractivity contribution in [3.8, 4) is 0 Å². The topological polar surface area (TPSA) is 237 Å². The highest BCUT2D eigenvalue weighted by atomic mass is 31.2. The summed E-state index contributed by atoms with van der Waals surface area (Å²) >= 11 is 0. The zero-order chi connectivity index (χ0) is 77.4. The molecule has 106 heavy (non-hydrogen) atoms. The lowest BCUT2D eigenvalue weighted by Crippen LogP contribution is -2.30. The minimum atomic E-state index is -5.01. The predicted octanol–water partition coefficient (Wildman–Crippen LogP) is 24.4. The van der Waals surface area contributed by atoms with Gasteiger partial charge in [-0.15, -0.1) is 0 Å². The van der Waals surface area contributed by atoms with Gasteiger partial charge < -0.3 is 33.8 Å². The molecule has 3 N–H and O–H groups in total. The summed E-state index contributed by atoms with van der Waals surface area (Å²) < 4.78 is 68.5. The number of allylic oxidation sites excluding steroid dienone is 22. The summed E-state index contributed by atoms with van der Waals surface area (Å²) in [5.41, 5.74) is 0. The van der Waals surface area contributed by atoms with Gasteiger partial charge in [-0.05, 0) is 128 Å². The van der Waals surface area contributed by atoms with Crippen molar-refractivity contribution in [3.05, 3.63) is 134 Å². The average Bonchev–Trinajstić information content (AvgIpc) is 0.899. The molecular weight excluding hydrogens is 1380 g/mol. The van der Waals surface area contributed by atoms with Crippen LogP contribution in [0.15, 0.2) is 134 Å². The number of aliphatic hydroxyl groups is 1. The number of carbonyl (C=O) groups excluding carboxylic acids is 4. The first-order valence-corrected chi connectivity index (χ1v) is 44.4. The molecule has 0 amide bonds. The van der Waals surface area contributed by atoms with Crippen molar-refractivity contribution >= 4 is 39.5 Å². The van der Waals surface area contributed by atoms with Crippen LogP contribution < -0.4 is 0 Å². The lowest BCUT2D eigenvalue weighted by Gasteiger charge is -2.21. The van der Waals surface area contributed by atoms with Gasteiger partial charge in [0.2, 0.25) is 0 Å². The van der Waals surface area contributed by atoms with Crippen LogP contribution in [0.5, 0.6) is 0 Å². The Kier molecular flexibility index (Phi) is 74.8. The molecule has 0 aromatic heterocycles. The van der Waals surface area contributed by atoms with Crippen LogP contribution in [0.1, 0.15) is 336 Å². The van der Waals surface area contributed by atoms with E-state index in [0.717, 1.165) is 122 Å². The Bertz CT molecular complexity index is 2530. The molecule has 0 radical (unpaired) electrons. The zero-order valence-corrected chi connectivity index (χ0v) is 68.4. The van der Waals surface area contributed by atoms with Crippen molar-refractivity contribution in [2.75, 3.05) is 39.6 Å². The maximum Gasteiger partial charge on any atom is 0.472 e. The summed E-state index contributed by atoms with van der Waals surface area (Å²) in [6.07, 6.45) is 88.8. The summed E-state index contributed by atoms with van der Waals surface area (Å²) in [6, 6.07) is 0. The lowest BCUT2D eigenvalue weighted by molar-refractivity contribution is -0.161. The van der Waals surface area contributed by atoms with Crippen molar-refractivity contribution in [2.45, 2.75) is 354 Å². The lowest BCUT2D eigenvalue weighted by atomic mass is 10.0. The highest BCUT2D eigenvalue weighted by Gasteiger charge is 2.30. The standard InChI is InChI=1S/C87H148O17P2/c1-5-9-13-17-21-25-29-33-36-38-40-42-45-49-52-56-60-64-68-72-85(90)98-77-82(103-86(91)73-69-65-61-57-53-47-32-28-24-20-16-12-8-4)79-101-105(93,94)99-75-81(88)76-100-106(95,96)102-80-83(78-97-84(89)71-67-63-59-55-51-48-44-35-31-27-23-19-15-11-7-3)104-87(92)74-70-66-62-58-54-50-46-43-41-39-37-34-30-26-22-18-14-10-6-2/h21-22,25-27,31,33-34,36-37,40-43,49-50,52,54,60,62,64,66,81-83,88H,5-20,23-24,28-30,32,35,38-39,44-48,51,53,55-59,61,63,65,67-80H2,1-4H3,(H,93,94)(H,95,96)/b25-21-,26-22-,31-27-,36-33-,37-34-,42-40-,43-41-,52-49-,54-50-,64-60-,66-62-/t81-,82-,83-/m1/s1. The van der Waals surface area contributed by atoms with Crippen LogP contribution >= 0.6 is 15.6 Å². The Hall–Kier alpha value is -4.80. The molecule has 19 heteroatoms. The van der Waals surface area contributed by atoms with E-state index in [4.69, 9.17) is 37.0 Å². The van der Waals surface area contributed by atoms with Gasteiger partial charge in [0.15, 0.2) is 12.2 Å². The second-order valence-corrected chi connectivity index (χ2v) is 30.3. The summed E-state index contributed by atoms with van der Waals surface area (Å²) in [6.45, 7) is 4.66. The number of ether oxygens (including phenoxy) is 4. The number of carbonyl (C=O) groups is 4. The predicted molar refractivity (Wildman–Crippen MR) is 436 cm³/mol. The van der Waals surface area contributed by atoms with Gasteiger partial charge in [0.25, 0.3) is 0 Å². The molecular formula is C87H148O17P2. The molecule has 0 aliphatic rings. The van der Waals surface area contributed by atoms with Crippen LogP contribution in [0.4, 0.5) is 0 Å². The molecule has 608 valence electrons. The van der Waals surface area contributed by atoms with Gasteiger partial charge in [0.05, 0.1) is 26.4 Å². The van der Waals surface area contributed by atoms with Crippen LogP contribution in [-0.4, -0.2) is 96.7 Å². The SMILES string of the molecule is CCCCC/C=C\C/C=C\C/C=C\C/C=C\C/C=C\CCC(=O)OC[C@H](COP(=O)(O)OC[C@@H](O)COP(=O)(O)OC[C@@H](COC(=O)CCCCCCCCC/C=C\CCCCCC)OC(=O)CC/C=C\C/C=C\C/C=C\C/C=C\C/C=C\CCCCC)OC(=O)CCCCCCCCCCCCCCC. The van der Waals surface area contributed by atoms with Gasteiger partial charge in [-0.3, -0.25) is 37.3 Å². The fourth-order valence-electron chi connectivity index (χ4n) is 10.8. The van der Waals surface area contributed by atoms with Crippen molar-refractivity contribution in [3.63, 3.8) is 0 Å². The Morgan fingerprint density at radius 1 is 0.264 bits per heavy atom. The molecule has 0 rings (SSSR count). The minimum Gasteiger partial charge on any atom is -0.462 e. The summed E-state index contributed by atoms with van der Waals surface area (Å²) in [5.74, 6) is -2.36. The number of aliphatic hydroxyl groups excluding tert-OH is 1. The van der Waals surface area contributed by atoms with Crippen molar-refractivity contribution < 1.29 is 80.2 Å². The molecule has 0 aromatic rings. The first-order chi connectivity index (χ1) is 51.7. The zero-order valence-electron chi connectivity index (χ0n) is 66.6. The first kappa shape index (κ1) is 101. The van der Waals surface area contributed by atoms with Gasteiger partial charge in [-0.2, -0.15) is 0 Å². The molecule has 5 atom stereocenters. The number of phosphoric ester groups is 2. The number of hydrogen-bond donors (Lipinski definition) is 3. The largest absolute Gasteiger partial charge is 0.472 e. The maximum atomic E-state index is 13.1. The van der Waals surface area contributed by atoms with E-state index in [9.17, 15) is 43.2 Å². The number of phosphoric acid groups is 2. The summed E-state index contributed by atoms with van der Waals surface area (Å²) in [7, 11) is -10.0. The van der Waals surface area contributed by atoms with Crippen LogP contribution in [0.3, 0.4) is 0 Å². The fourth-order valence-corrected chi connectivity index (χ4v) is 12.3. The average molecular weight is 1530 g/mol. The molecule has 0 bridgehead atoms. The monoisotopic (exact) mass is 1530 g/mol. The highest BCUT2D eigenvalue weighted by Crippen LogP contribution is 2.45. The number of hydrogen-bond acceptors (Lipinski definition) is 15. The fraction of sp³-hybridized carbons (Fsp3) is 0.701. The Morgan fingerprint density at radius 3 is 0.821 bits per heavy atom. The molecule has 0 aliphatic heterocycles. The van der Waals surface area contributed by atoms with E-state index >= 15 is 0 Å². The Morgan fingerprint density at radius 2 is 0.481 bits per heavy atom. The highest BCUT2D eigenvalue weighted by molar-refractivity contribution is 7.47. The first-order valence-electron chi connectivity index (χ1n) is 41.4. The normalized spacial score (nSPS) is 14.5. The third-order valence-corrected chi connectivity index (χ3v) is 19.0.